The molecule has 0 aliphatic heterocycles. The molecule has 0 aromatic heterocycles. The lowest BCUT2D eigenvalue weighted by Crippen LogP contribution is -2.32. The molecule has 0 heterocycles. The summed E-state index contributed by atoms with van der Waals surface area (Å²) < 4.78 is 0. The van der Waals surface area contributed by atoms with Gasteiger partial charge in [0.2, 0.25) is 0 Å². The Kier molecular flexibility index (Phi) is 3.12. The number of nitrogens with two attached hydrogens (primary N) is 1. The second-order valence-electron chi connectivity index (χ2n) is 4.99. The Morgan fingerprint density at radius 3 is 2.40 bits per heavy atom. The highest BCUT2D eigenvalue weighted by Crippen LogP contribution is 2.26. The van der Waals surface area contributed by atoms with Crippen LogP contribution < -0.4 is 5.73 Å². The Bertz CT molecular complexity index is 795. The van der Waals surface area contributed by atoms with Crippen LogP contribution in [0.1, 0.15) is 5.56 Å². The molecule has 3 rings (SSSR count). The van der Waals surface area contributed by atoms with E-state index in [2.05, 4.69) is 24.3 Å². The fraction of sp³-hybridized carbons (Fsp3) is 0.118. The summed E-state index contributed by atoms with van der Waals surface area (Å²) in [6.45, 7) is 0. The summed E-state index contributed by atoms with van der Waals surface area (Å²) in [7, 11) is 0. The van der Waals surface area contributed by atoms with Gasteiger partial charge in [-0.3, -0.25) is 4.79 Å². The van der Waals surface area contributed by atoms with Gasteiger partial charge in [0.15, 0.2) is 0 Å². The first kappa shape index (κ1) is 12.6. The number of rotatable bonds is 3. The molecule has 0 amide bonds. The minimum absolute atomic E-state index is 0.342. The van der Waals surface area contributed by atoms with Gasteiger partial charge in [0.1, 0.15) is 6.04 Å². The predicted molar refractivity (Wildman–Crippen MR) is 80.8 cm³/mol. The smallest absolute Gasteiger partial charge is 0.320 e. The number of carboxylic acids is 1. The van der Waals surface area contributed by atoms with Crippen molar-refractivity contribution >= 4 is 27.5 Å². The fourth-order valence-corrected chi connectivity index (χ4v) is 2.52. The SMILES string of the molecule is NC(Cc1ccc2ccc3ccccc3c2c1)C(=O)O. The summed E-state index contributed by atoms with van der Waals surface area (Å²) in [5.74, 6) is -0.969. The summed E-state index contributed by atoms with van der Waals surface area (Å²) in [5.41, 5.74) is 6.55. The largest absolute Gasteiger partial charge is 0.480 e. The molecule has 1 atom stereocenters. The van der Waals surface area contributed by atoms with Crippen LogP contribution in [-0.4, -0.2) is 17.1 Å². The van der Waals surface area contributed by atoms with Crippen molar-refractivity contribution in [2.24, 2.45) is 5.73 Å². The van der Waals surface area contributed by atoms with Crippen molar-refractivity contribution in [3.05, 3.63) is 60.2 Å². The molecule has 20 heavy (non-hydrogen) atoms. The molecule has 0 aliphatic rings. The zero-order valence-electron chi connectivity index (χ0n) is 10.9. The molecular weight excluding hydrogens is 250 g/mol. The Hall–Kier alpha value is -2.39. The van der Waals surface area contributed by atoms with Crippen molar-refractivity contribution in [3.8, 4) is 0 Å². The van der Waals surface area contributed by atoms with E-state index in [1.807, 2.05) is 30.3 Å². The summed E-state index contributed by atoms with van der Waals surface area (Å²) in [6.07, 6.45) is 0.342. The Morgan fingerprint density at radius 2 is 1.65 bits per heavy atom. The van der Waals surface area contributed by atoms with Crippen LogP contribution in [0, 0.1) is 0 Å². The monoisotopic (exact) mass is 265 g/mol. The highest BCUT2D eigenvalue weighted by Gasteiger charge is 2.12. The maximum absolute atomic E-state index is 10.9. The summed E-state index contributed by atoms with van der Waals surface area (Å²) >= 11 is 0. The zero-order chi connectivity index (χ0) is 14.1. The average Bonchev–Trinajstić information content (AvgIpc) is 2.47. The molecule has 0 aliphatic carbocycles. The molecular formula is C17H15NO2. The van der Waals surface area contributed by atoms with E-state index in [1.165, 1.54) is 10.8 Å². The van der Waals surface area contributed by atoms with Gasteiger partial charge < -0.3 is 10.8 Å². The van der Waals surface area contributed by atoms with Crippen molar-refractivity contribution in [2.45, 2.75) is 12.5 Å². The van der Waals surface area contributed by atoms with Crippen LogP contribution in [0.15, 0.2) is 54.6 Å². The summed E-state index contributed by atoms with van der Waals surface area (Å²) in [5, 5.41) is 13.5. The summed E-state index contributed by atoms with van der Waals surface area (Å²) in [4.78, 5) is 10.9. The van der Waals surface area contributed by atoms with Gasteiger partial charge >= 0.3 is 5.97 Å². The van der Waals surface area contributed by atoms with Crippen LogP contribution in [-0.2, 0) is 11.2 Å². The quantitative estimate of drug-likeness (QED) is 0.716. The molecule has 0 radical (unpaired) electrons. The summed E-state index contributed by atoms with van der Waals surface area (Å²) in [6, 6.07) is 17.5. The molecule has 3 N–H and O–H groups in total. The first-order valence-electron chi connectivity index (χ1n) is 6.54. The topological polar surface area (TPSA) is 63.3 Å². The lowest BCUT2D eigenvalue weighted by molar-refractivity contribution is -0.138. The Labute approximate surface area is 116 Å². The highest BCUT2D eigenvalue weighted by molar-refractivity contribution is 6.07. The van der Waals surface area contributed by atoms with Crippen molar-refractivity contribution in [1.82, 2.24) is 0 Å². The number of carboxylic acid groups (broad SMARTS) is 1. The van der Waals surface area contributed by atoms with E-state index >= 15 is 0 Å². The van der Waals surface area contributed by atoms with Gasteiger partial charge in [-0.25, -0.2) is 0 Å². The van der Waals surface area contributed by atoms with Gasteiger partial charge in [-0.05, 0) is 33.5 Å². The molecule has 3 aromatic carbocycles. The van der Waals surface area contributed by atoms with E-state index in [1.54, 1.807) is 0 Å². The molecule has 0 fully saturated rings. The molecule has 100 valence electrons. The van der Waals surface area contributed by atoms with Gasteiger partial charge in [0.25, 0.3) is 0 Å². The lowest BCUT2D eigenvalue weighted by atomic mass is 9.98. The van der Waals surface area contributed by atoms with Crippen molar-refractivity contribution < 1.29 is 9.90 Å². The Balaban J connectivity index is 2.13. The first-order valence-corrected chi connectivity index (χ1v) is 6.54. The van der Waals surface area contributed by atoms with Crippen molar-refractivity contribution in [3.63, 3.8) is 0 Å². The van der Waals surface area contributed by atoms with Gasteiger partial charge in [0, 0.05) is 0 Å². The molecule has 3 aromatic rings. The normalized spacial score (nSPS) is 12.7. The van der Waals surface area contributed by atoms with Gasteiger partial charge in [-0.1, -0.05) is 54.6 Å². The van der Waals surface area contributed by atoms with E-state index in [0.717, 1.165) is 16.3 Å². The minimum Gasteiger partial charge on any atom is -0.480 e. The van der Waals surface area contributed by atoms with Crippen LogP contribution in [0.3, 0.4) is 0 Å². The van der Waals surface area contributed by atoms with E-state index in [9.17, 15) is 4.79 Å². The van der Waals surface area contributed by atoms with Crippen molar-refractivity contribution in [2.75, 3.05) is 0 Å². The van der Waals surface area contributed by atoms with Gasteiger partial charge in [-0.2, -0.15) is 0 Å². The van der Waals surface area contributed by atoms with E-state index < -0.39 is 12.0 Å². The van der Waals surface area contributed by atoms with Crippen LogP contribution in [0.25, 0.3) is 21.5 Å². The Morgan fingerprint density at radius 1 is 1.00 bits per heavy atom. The third-order valence-electron chi connectivity index (χ3n) is 3.58. The molecule has 0 saturated carbocycles. The first-order chi connectivity index (χ1) is 9.65. The third-order valence-corrected chi connectivity index (χ3v) is 3.58. The number of hydrogen-bond donors (Lipinski definition) is 2. The second kappa shape index (κ2) is 4.94. The number of aliphatic carboxylic acids is 1. The minimum atomic E-state index is -0.969. The number of benzene rings is 3. The molecule has 0 bridgehead atoms. The fourth-order valence-electron chi connectivity index (χ4n) is 2.52. The second-order valence-corrected chi connectivity index (χ2v) is 4.99. The number of fused-ring (bicyclic) bond motifs is 3. The maximum atomic E-state index is 10.9. The van der Waals surface area contributed by atoms with Crippen LogP contribution >= 0.6 is 0 Å². The molecule has 0 spiro atoms. The third kappa shape index (κ3) is 2.24. The molecule has 3 nitrogen and oxygen atoms in total. The van der Waals surface area contributed by atoms with Crippen molar-refractivity contribution in [1.29, 1.82) is 0 Å². The van der Waals surface area contributed by atoms with Crippen LogP contribution in [0.5, 0.6) is 0 Å². The lowest BCUT2D eigenvalue weighted by Gasteiger charge is -2.09. The van der Waals surface area contributed by atoms with E-state index in [0.29, 0.717) is 6.42 Å². The predicted octanol–water partition coefficient (Wildman–Crippen LogP) is 2.95. The molecule has 3 heteroatoms. The standard InChI is InChI=1S/C17H15NO2/c18-16(17(19)20)10-11-5-6-13-8-7-12-3-1-2-4-14(12)15(13)9-11/h1-9,16H,10,18H2,(H,19,20). The molecule has 0 saturated heterocycles. The maximum Gasteiger partial charge on any atom is 0.320 e. The highest BCUT2D eigenvalue weighted by atomic mass is 16.4. The van der Waals surface area contributed by atoms with Gasteiger partial charge in [0.05, 0.1) is 0 Å². The number of carbonyl (C=O) groups is 1. The molecule has 1 unspecified atom stereocenters. The van der Waals surface area contributed by atoms with Crippen LogP contribution in [0.2, 0.25) is 0 Å². The number of hydrogen-bond acceptors (Lipinski definition) is 2. The van der Waals surface area contributed by atoms with Crippen LogP contribution in [0.4, 0.5) is 0 Å². The average molecular weight is 265 g/mol. The van der Waals surface area contributed by atoms with E-state index in [-0.39, 0.29) is 0 Å². The van der Waals surface area contributed by atoms with Gasteiger partial charge in [-0.15, -0.1) is 0 Å². The van der Waals surface area contributed by atoms with E-state index in [4.69, 9.17) is 10.8 Å². The zero-order valence-corrected chi connectivity index (χ0v) is 10.9.